The zero-order chi connectivity index (χ0) is 45.2. The minimum absolute atomic E-state index is 0.0485. The smallest absolute Gasteiger partial charge is 0.410 e. The summed E-state index contributed by atoms with van der Waals surface area (Å²) in [6.45, 7) is 16.5. The maximum atomic E-state index is 14.0. The van der Waals surface area contributed by atoms with Crippen LogP contribution in [0.5, 0.6) is 0 Å². The van der Waals surface area contributed by atoms with E-state index in [0.29, 0.717) is 56.6 Å². The number of ether oxygens (including phenoxy) is 2. The molecule has 4 N–H and O–H groups in total. The maximum absolute atomic E-state index is 14.0. The average Bonchev–Trinajstić information content (AvgIpc) is 3.22. The normalized spacial score (nSPS) is 18.0. The van der Waals surface area contributed by atoms with Crippen molar-refractivity contribution in [2.75, 3.05) is 32.0 Å². The zero-order valence-corrected chi connectivity index (χ0v) is 38.0. The molecule has 3 aromatic carbocycles. The van der Waals surface area contributed by atoms with Gasteiger partial charge in [-0.2, -0.15) is 0 Å². The second kappa shape index (κ2) is 20.9. The largest absolute Gasteiger partial charge is 0.444 e. The standard InChI is InChI=1S/C49H66N6O7/c1-31-10-11-34(28-41(31)36-16-18-38(19-17-36)43(56)52-40-24-26-55(27-25-40)47(60)62-49(6,7)8)29-42(45(58)53-39-22-20-35(21-23-39)32(2)50-9)54-44(57)37-14-12-33(13-15-37)30-51-46(59)61-48(3,4)5/h10-11,16-23,28,33,37,40,42H,12-15,24-27,29-30H2,1-9H3,(H,51,59)(H,52,56)(H,53,58)(H,54,57)/t33?,37?,42-/m0/s1. The highest BCUT2D eigenvalue weighted by Crippen LogP contribution is 2.30. The van der Waals surface area contributed by atoms with Gasteiger partial charge in [0.1, 0.15) is 17.2 Å². The summed E-state index contributed by atoms with van der Waals surface area (Å²) in [6.07, 6.45) is 3.61. The van der Waals surface area contributed by atoms with E-state index in [-0.39, 0.29) is 48.1 Å². The van der Waals surface area contributed by atoms with E-state index < -0.39 is 23.3 Å². The molecule has 1 saturated carbocycles. The number of carbonyl (C=O) groups is 5. The lowest BCUT2D eigenvalue weighted by Gasteiger charge is -2.33. The van der Waals surface area contributed by atoms with Crippen LogP contribution in [0.1, 0.15) is 114 Å². The summed E-state index contributed by atoms with van der Waals surface area (Å²) in [5.41, 5.74) is 5.61. The summed E-state index contributed by atoms with van der Waals surface area (Å²) >= 11 is 0. The highest BCUT2D eigenvalue weighted by atomic mass is 16.6. The number of aliphatic imine (C=N–C) groups is 1. The predicted molar refractivity (Wildman–Crippen MR) is 243 cm³/mol. The number of anilines is 1. The summed E-state index contributed by atoms with van der Waals surface area (Å²) in [5.74, 6) is -0.677. The van der Waals surface area contributed by atoms with E-state index in [0.717, 1.165) is 46.4 Å². The zero-order valence-electron chi connectivity index (χ0n) is 38.0. The van der Waals surface area contributed by atoms with Crippen LogP contribution in [0.15, 0.2) is 71.7 Å². The number of amides is 5. The lowest BCUT2D eigenvalue weighted by Crippen LogP contribution is -2.48. The molecular formula is C49H66N6O7. The topological polar surface area (TPSA) is 168 Å². The Kier molecular flexibility index (Phi) is 16.0. The Bertz CT molecular complexity index is 2070. The first-order valence-electron chi connectivity index (χ1n) is 21.9. The highest BCUT2D eigenvalue weighted by Gasteiger charge is 2.31. The fraction of sp³-hybridized carbons (Fsp3) is 0.510. The first kappa shape index (κ1) is 47.3. The van der Waals surface area contributed by atoms with Gasteiger partial charge in [0, 0.05) is 62.0 Å². The monoisotopic (exact) mass is 850 g/mol. The van der Waals surface area contributed by atoms with Crippen molar-refractivity contribution in [3.8, 4) is 11.1 Å². The molecule has 0 radical (unpaired) electrons. The third-order valence-corrected chi connectivity index (χ3v) is 11.4. The lowest BCUT2D eigenvalue weighted by molar-refractivity contribution is -0.130. The van der Waals surface area contributed by atoms with Gasteiger partial charge in [-0.3, -0.25) is 19.4 Å². The SMILES string of the molecule is CN=C(C)c1ccc(NC(=O)[C@H](Cc2ccc(C)c(-c3ccc(C(=O)NC4CCN(C(=O)OC(C)(C)C)CC4)cc3)c2)NC(=O)C2CCC(CNC(=O)OC(C)(C)C)CC2)cc1. The van der Waals surface area contributed by atoms with Crippen molar-refractivity contribution < 1.29 is 33.4 Å². The molecule has 3 aromatic rings. The van der Waals surface area contributed by atoms with E-state index in [1.165, 1.54) is 0 Å². The molecule has 5 rings (SSSR count). The van der Waals surface area contributed by atoms with Crippen LogP contribution in [0.25, 0.3) is 11.1 Å². The number of carbonyl (C=O) groups excluding carboxylic acids is 5. The number of rotatable bonds is 12. The Morgan fingerprint density at radius 3 is 2.00 bits per heavy atom. The molecule has 0 spiro atoms. The van der Waals surface area contributed by atoms with Crippen LogP contribution in [0.3, 0.4) is 0 Å². The number of nitrogens with one attached hydrogen (secondary N) is 4. The fourth-order valence-electron chi connectivity index (χ4n) is 7.77. The molecular weight excluding hydrogens is 785 g/mol. The molecule has 0 aromatic heterocycles. The number of aryl methyl sites for hydroxylation is 1. The van der Waals surface area contributed by atoms with Gasteiger partial charge in [-0.15, -0.1) is 0 Å². The van der Waals surface area contributed by atoms with Crippen LogP contribution in [-0.2, 0) is 25.5 Å². The molecule has 5 amide bonds. The molecule has 13 nitrogen and oxygen atoms in total. The van der Waals surface area contributed by atoms with Crippen molar-refractivity contribution in [2.45, 2.75) is 124 Å². The summed E-state index contributed by atoms with van der Waals surface area (Å²) in [6, 6.07) is 20.1. The number of likely N-dealkylation sites (tertiary alicyclic amines) is 1. The minimum Gasteiger partial charge on any atom is -0.444 e. The molecule has 1 aliphatic heterocycles. The highest BCUT2D eigenvalue weighted by molar-refractivity contribution is 6.00. The molecule has 0 bridgehead atoms. The van der Waals surface area contributed by atoms with Crippen LogP contribution in [0.2, 0.25) is 0 Å². The maximum Gasteiger partial charge on any atom is 0.410 e. The molecule has 13 heteroatoms. The van der Waals surface area contributed by atoms with E-state index >= 15 is 0 Å². The third kappa shape index (κ3) is 14.2. The second-order valence-electron chi connectivity index (χ2n) is 18.7. The number of piperidine rings is 1. The van der Waals surface area contributed by atoms with E-state index in [1.54, 1.807) is 11.9 Å². The molecule has 62 heavy (non-hydrogen) atoms. The molecule has 2 fully saturated rings. The lowest BCUT2D eigenvalue weighted by atomic mass is 9.81. The number of benzene rings is 3. The summed E-state index contributed by atoms with van der Waals surface area (Å²) < 4.78 is 10.9. The molecule has 2 aliphatic rings. The van der Waals surface area contributed by atoms with Gasteiger partial charge in [0.2, 0.25) is 11.8 Å². The van der Waals surface area contributed by atoms with Crippen LogP contribution in [0, 0.1) is 18.8 Å². The number of nitrogens with zero attached hydrogens (tertiary/aromatic N) is 2. The number of hydrogen-bond acceptors (Lipinski definition) is 8. The van der Waals surface area contributed by atoms with Crippen LogP contribution >= 0.6 is 0 Å². The first-order chi connectivity index (χ1) is 29.3. The second-order valence-corrected chi connectivity index (χ2v) is 18.7. The van der Waals surface area contributed by atoms with E-state index in [4.69, 9.17) is 9.47 Å². The molecule has 334 valence electrons. The molecule has 1 aliphatic carbocycles. The van der Waals surface area contributed by atoms with Crippen LogP contribution in [-0.4, -0.2) is 90.5 Å². The van der Waals surface area contributed by atoms with Crippen molar-refractivity contribution in [1.29, 1.82) is 0 Å². The van der Waals surface area contributed by atoms with Gasteiger partial charge in [-0.05, 0) is 152 Å². The van der Waals surface area contributed by atoms with Gasteiger partial charge in [0.15, 0.2) is 0 Å². The molecule has 0 unspecified atom stereocenters. The van der Waals surface area contributed by atoms with Crippen molar-refractivity contribution >= 4 is 41.3 Å². The number of alkyl carbamates (subject to hydrolysis) is 1. The fourth-order valence-corrected chi connectivity index (χ4v) is 7.77. The van der Waals surface area contributed by atoms with E-state index in [1.807, 2.05) is 122 Å². The van der Waals surface area contributed by atoms with Gasteiger partial charge in [-0.25, -0.2) is 9.59 Å². The van der Waals surface area contributed by atoms with Crippen molar-refractivity contribution in [2.24, 2.45) is 16.8 Å². The van der Waals surface area contributed by atoms with Gasteiger partial charge < -0.3 is 35.6 Å². The summed E-state index contributed by atoms with van der Waals surface area (Å²) in [4.78, 5) is 71.7. The Balaban J connectivity index is 1.24. The van der Waals surface area contributed by atoms with Gasteiger partial charge >= 0.3 is 12.2 Å². The number of hydrogen-bond donors (Lipinski definition) is 4. The van der Waals surface area contributed by atoms with Crippen molar-refractivity contribution in [3.05, 3.63) is 89.0 Å². The predicted octanol–water partition coefficient (Wildman–Crippen LogP) is 8.23. The molecule has 1 atom stereocenters. The minimum atomic E-state index is -0.856. The Hall–Kier alpha value is -5.72. The third-order valence-electron chi connectivity index (χ3n) is 11.4. The Morgan fingerprint density at radius 2 is 1.40 bits per heavy atom. The van der Waals surface area contributed by atoms with Crippen molar-refractivity contribution in [3.63, 3.8) is 0 Å². The quantitative estimate of drug-likeness (QED) is 0.133. The first-order valence-corrected chi connectivity index (χ1v) is 21.9. The van der Waals surface area contributed by atoms with E-state index in [2.05, 4.69) is 26.3 Å². The summed E-state index contributed by atoms with van der Waals surface area (Å²) in [5, 5.41) is 12.1. The molecule has 1 saturated heterocycles. The molecule has 1 heterocycles. The average molecular weight is 851 g/mol. The summed E-state index contributed by atoms with van der Waals surface area (Å²) in [7, 11) is 1.74. The van der Waals surface area contributed by atoms with Gasteiger partial charge in [0.05, 0.1) is 0 Å². The Morgan fingerprint density at radius 1 is 0.790 bits per heavy atom. The van der Waals surface area contributed by atoms with Crippen molar-refractivity contribution in [1.82, 2.24) is 20.9 Å². The van der Waals surface area contributed by atoms with E-state index in [9.17, 15) is 24.0 Å². The Labute approximate surface area is 367 Å². The van der Waals surface area contributed by atoms with Crippen LogP contribution < -0.4 is 21.3 Å². The van der Waals surface area contributed by atoms with Gasteiger partial charge in [-0.1, -0.05) is 42.5 Å². The van der Waals surface area contributed by atoms with Gasteiger partial charge in [0.25, 0.3) is 5.91 Å². The van der Waals surface area contributed by atoms with Crippen LogP contribution in [0.4, 0.5) is 15.3 Å².